The molecule has 3 rings (SSSR count). The van der Waals surface area contributed by atoms with Crippen LogP contribution in [0, 0.1) is 0 Å². The highest BCUT2D eigenvalue weighted by Gasteiger charge is 2.16. The van der Waals surface area contributed by atoms with Crippen LogP contribution in [-0.2, 0) is 11.3 Å². The summed E-state index contributed by atoms with van der Waals surface area (Å²) in [6.07, 6.45) is 1.15. The number of aromatic amines is 1. The summed E-state index contributed by atoms with van der Waals surface area (Å²) in [5.41, 5.74) is -0.729. The highest BCUT2D eigenvalue weighted by Crippen LogP contribution is 2.14. The molecule has 1 aliphatic heterocycles. The molecule has 1 amide bonds. The van der Waals surface area contributed by atoms with Gasteiger partial charge in [-0.15, -0.1) is 0 Å². The van der Waals surface area contributed by atoms with Gasteiger partial charge in [0.25, 0.3) is 11.5 Å². The van der Waals surface area contributed by atoms with Crippen molar-refractivity contribution in [3.8, 4) is 0 Å². The van der Waals surface area contributed by atoms with E-state index in [1.54, 1.807) is 24.3 Å². The first kappa shape index (κ1) is 19.3. The van der Waals surface area contributed by atoms with Crippen LogP contribution in [0.25, 0.3) is 0 Å². The summed E-state index contributed by atoms with van der Waals surface area (Å²) in [7, 11) is 0. The number of carbonyl (C=O) groups is 1. The van der Waals surface area contributed by atoms with E-state index >= 15 is 0 Å². The number of H-pyrrole nitrogens is 1. The van der Waals surface area contributed by atoms with Crippen LogP contribution >= 0.6 is 11.6 Å². The molecule has 1 aliphatic rings. The Balaban J connectivity index is 1.70. The fourth-order valence-corrected chi connectivity index (χ4v) is 3.06. The highest BCUT2D eigenvalue weighted by molar-refractivity contribution is 6.31. The van der Waals surface area contributed by atoms with Gasteiger partial charge in [-0.25, -0.2) is 4.79 Å². The van der Waals surface area contributed by atoms with Crippen molar-refractivity contribution >= 4 is 17.5 Å². The molecule has 8 nitrogen and oxygen atoms in total. The van der Waals surface area contributed by atoms with Crippen LogP contribution in [0.5, 0.6) is 0 Å². The molecule has 2 heterocycles. The molecule has 9 heteroatoms. The molecule has 0 atom stereocenters. The minimum atomic E-state index is -0.650. The Hall–Kier alpha value is -2.42. The minimum absolute atomic E-state index is 0.0112. The first-order chi connectivity index (χ1) is 13.1. The fourth-order valence-electron chi connectivity index (χ4n) is 2.86. The zero-order chi connectivity index (χ0) is 19.2. The molecular formula is C18H21ClN4O4. The van der Waals surface area contributed by atoms with E-state index in [9.17, 15) is 14.4 Å². The monoisotopic (exact) mass is 392 g/mol. The molecule has 0 aliphatic carbocycles. The third-order valence-corrected chi connectivity index (χ3v) is 4.78. The molecule has 0 spiro atoms. The number of nitrogens with one attached hydrogen (secondary N) is 2. The average Bonchev–Trinajstić information content (AvgIpc) is 2.67. The molecule has 0 saturated carbocycles. The summed E-state index contributed by atoms with van der Waals surface area (Å²) >= 11 is 6.10. The maximum Gasteiger partial charge on any atom is 0.328 e. The number of hydrogen-bond acceptors (Lipinski definition) is 5. The van der Waals surface area contributed by atoms with Crippen LogP contribution in [0.3, 0.4) is 0 Å². The van der Waals surface area contributed by atoms with Crippen LogP contribution in [0.4, 0.5) is 0 Å². The van der Waals surface area contributed by atoms with E-state index in [2.05, 4.69) is 15.2 Å². The SMILES string of the molecule is O=C(NCCN1CCOCC1)c1c[nH]c(=O)n(Cc2ccccc2Cl)c1=O. The second-order valence-corrected chi connectivity index (χ2v) is 6.61. The van der Waals surface area contributed by atoms with Gasteiger partial charge in [-0.3, -0.25) is 19.1 Å². The van der Waals surface area contributed by atoms with Gasteiger partial charge in [0, 0.05) is 37.4 Å². The first-order valence-corrected chi connectivity index (χ1v) is 9.08. The standard InChI is InChI=1S/C18H21ClN4O4/c19-15-4-2-1-3-13(15)12-23-17(25)14(11-21-18(23)26)16(24)20-5-6-22-7-9-27-10-8-22/h1-4,11H,5-10,12H2,(H,20,24)(H,21,26). The number of ether oxygens (including phenoxy) is 1. The number of amides is 1. The molecule has 0 bridgehead atoms. The summed E-state index contributed by atoms with van der Waals surface area (Å²) < 4.78 is 6.25. The van der Waals surface area contributed by atoms with Crippen LogP contribution in [0.1, 0.15) is 15.9 Å². The molecule has 27 heavy (non-hydrogen) atoms. The van der Waals surface area contributed by atoms with Crippen molar-refractivity contribution in [1.82, 2.24) is 19.8 Å². The molecule has 144 valence electrons. The van der Waals surface area contributed by atoms with E-state index < -0.39 is 17.2 Å². The second kappa shape index (κ2) is 8.98. The lowest BCUT2D eigenvalue weighted by molar-refractivity contribution is 0.0383. The Bertz CT molecular complexity index is 918. The maximum atomic E-state index is 12.6. The Morgan fingerprint density at radius 3 is 2.70 bits per heavy atom. The molecule has 2 aromatic rings. The van der Waals surface area contributed by atoms with Crippen molar-refractivity contribution in [2.75, 3.05) is 39.4 Å². The molecule has 1 fully saturated rings. The van der Waals surface area contributed by atoms with Crippen LogP contribution < -0.4 is 16.6 Å². The third kappa shape index (κ3) is 4.85. The van der Waals surface area contributed by atoms with E-state index in [1.807, 2.05) is 0 Å². The minimum Gasteiger partial charge on any atom is -0.379 e. The van der Waals surface area contributed by atoms with Gasteiger partial charge in [-0.2, -0.15) is 0 Å². The Kier molecular flexibility index (Phi) is 6.44. The number of rotatable bonds is 6. The van der Waals surface area contributed by atoms with E-state index in [1.165, 1.54) is 0 Å². The van der Waals surface area contributed by atoms with Gasteiger partial charge in [0.2, 0.25) is 0 Å². The van der Waals surface area contributed by atoms with Crippen molar-refractivity contribution in [3.05, 3.63) is 67.4 Å². The Morgan fingerprint density at radius 2 is 1.96 bits per heavy atom. The number of nitrogens with zero attached hydrogens (tertiary/aromatic N) is 2. The first-order valence-electron chi connectivity index (χ1n) is 8.70. The predicted octanol–water partition coefficient (Wildman–Crippen LogP) is 0.300. The summed E-state index contributed by atoms with van der Waals surface area (Å²) in [5, 5.41) is 3.17. The maximum absolute atomic E-state index is 12.6. The van der Waals surface area contributed by atoms with Crippen molar-refractivity contribution in [1.29, 1.82) is 0 Å². The van der Waals surface area contributed by atoms with Crippen LogP contribution in [0.15, 0.2) is 40.1 Å². The smallest absolute Gasteiger partial charge is 0.328 e. The van der Waals surface area contributed by atoms with Gasteiger partial charge in [-0.1, -0.05) is 29.8 Å². The molecule has 1 aromatic heterocycles. The fraction of sp³-hybridized carbons (Fsp3) is 0.389. The lowest BCUT2D eigenvalue weighted by Gasteiger charge is -2.26. The van der Waals surface area contributed by atoms with Crippen LogP contribution in [0.2, 0.25) is 5.02 Å². The van der Waals surface area contributed by atoms with Gasteiger partial charge < -0.3 is 15.0 Å². The quantitative estimate of drug-likeness (QED) is 0.737. The normalized spacial score (nSPS) is 14.9. The van der Waals surface area contributed by atoms with E-state index in [0.29, 0.717) is 36.9 Å². The summed E-state index contributed by atoms with van der Waals surface area (Å²) in [5.74, 6) is -0.516. The van der Waals surface area contributed by atoms with Crippen molar-refractivity contribution < 1.29 is 9.53 Å². The van der Waals surface area contributed by atoms with E-state index in [0.717, 1.165) is 23.9 Å². The third-order valence-electron chi connectivity index (χ3n) is 4.41. The number of carbonyl (C=O) groups excluding carboxylic acids is 1. The topological polar surface area (TPSA) is 96.4 Å². The summed E-state index contributed by atoms with van der Waals surface area (Å²) in [4.78, 5) is 41.7. The van der Waals surface area contributed by atoms with Gasteiger partial charge >= 0.3 is 5.69 Å². The molecule has 2 N–H and O–H groups in total. The molecule has 1 saturated heterocycles. The average molecular weight is 393 g/mol. The zero-order valence-corrected chi connectivity index (χ0v) is 15.5. The number of benzene rings is 1. The predicted molar refractivity (Wildman–Crippen MR) is 101 cm³/mol. The van der Waals surface area contributed by atoms with E-state index in [4.69, 9.17) is 16.3 Å². The van der Waals surface area contributed by atoms with Crippen molar-refractivity contribution in [2.24, 2.45) is 0 Å². The van der Waals surface area contributed by atoms with Gasteiger partial charge in [-0.05, 0) is 11.6 Å². The highest BCUT2D eigenvalue weighted by atomic mass is 35.5. The Labute approximate surface area is 160 Å². The van der Waals surface area contributed by atoms with Crippen molar-refractivity contribution in [2.45, 2.75) is 6.54 Å². The number of halogens is 1. The lowest BCUT2D eigenvalue weighted by Crippen LogP contribution is -2.44. The Morgan fingerprint density at radius 1 is 1.22 bits per heavy atom. The van der Waals surface area contributed by atoms with Gasteiger partial charge in [0.15, 0.2) is 0 Å². The zero-order valence-electron chi connectivity index (χ0n) is 14.7. The van der Waals surface area contributed by atoms with Gasteiger partial charge in [0.05, 0.1) is 19.8 Å². The molecule has 0 unspecified atom stereocenters. The summed E-state index contributed by atoms with van der Waals surface area (Å²) in [6, 6.07) is 6.93. The van der Waals surface area contributed by atoms with Crippen molar-refractivity contribution in [3.63, 3.8) is 0 Å². The number of hydrogen-bond donors (Lipinski definition) is 2. The van der Waals surface area contributed by atoms with Crippen LogP contribution in [-0.4, -0.2) is 59.8 Å². The van der Waals surface area contributed by atoms with Gasteiger partial charge in [0.1, 0.15) is 5.56 Å². The molecule has 0 radical (unpaired) electrons. The molecule has 1 aromatic carbocycles. The number of aromatic nitrogens is 2. The van der Waals surface area contributed by atoms with E-state index in [-0.39, 0.29) is 12.1 Å². The second-order valence-electron chi connectivity index (χ2n) is 6.20. The number of morpholine rings is 1. The summed E-state index contributed by atoms with van der Waals surface area (Å²) in [6.45, 7) is 4.07. The largest absolute Gasteiger partial charge is 0.379 e. The lowest BCUT2D eigenvalue weighted by atomic mass is 10.2. The molecular weight excluding hydrogens is 372 g/mol.